The first-order valence-electron chi connectivity index (χ1n) is 6.27. The lowest BCUT2D eigenvalue weighted by Crippen LogP contribution is -2.51. The van der Waals surface area contributed by atoms with E-state index in [1.54, 1.807) is 12.1 Å². The van der Waals surface area contributed by atoms with E-state index >= 15 is 0 Å². The summed E-state index contributed by atoms with van der Waals surface area (Å²) in [5.41, 5.74) is 6.71. The van der Waals surface area contributed by atoms with Crippen LogP contribution in [-0.4, -0.2) is 24.5 Å². The molecule has 2 N–H and O–H groups in total. The molecule has 18 heavy (non-hydrogen) atoms. The van der Waals surface area contributed by atoms with E-state index in [9.17, 15) is 4.39 Å². The Labute approximate surface area is 117 Å². The molecule has 0 radical (unpaired) electrons. The van der Waals surface area contributed by atoms with Gasteiger partial charge in [0.2, 0.25) is 0 Å². The van der Waals surface area contributed by atoms with Gasteiger partial charge in [-0.3, -0.25) is 0 Å². The smallest absolute Gasteiger partial charge is 0.142 e. The van der Waals surface area contributed by atoms with E-state index in [2.05, 4.69) is 34.7 Å². The van der Waals surface area contributed by atoms with Gasteiger partial charge in [0.1, 0.15) is 5.82 Å². The molecule has 0 saturated heterocycles. The highest BCUT2D eigenvalue weighted by molar-refractivity contribution is 9.10. The van der Waals surface area contributed by atoms with Crippen LogP contribution in [0.1, 0.15) is 38.3 Å². The number of halogens is 2. The van der Waals surface area contributed by atoms with Crippen LogP contribution >= 0.6 is 15.9 Å². The lowest BCUT2D eigenvalue weighted by molar-refractivity contribution is 0.104. The number of rotatable bonds is 5. The molecule has 0 aromatic heterocycles. The zero-order chi connectivity index (χ0) is 13.9. The van der Waals surface area contributed by atoms with Crippen molar-refractivity contribution in [2.75, 3.05) is 14.1 Å². The summed E-state index contributed by atoms with van der Waals surface area (Å²) in [4.78, 5) is 2.11. The van der Waals surface area contributed by atoms with Crippen LogP contribution in [0, 0.1) is 5.82 Å². The van der Waals surface area contributed by atoms with Gasteiger partial charge in [0, 0.05) is 11.1 Å². The maximum Gasteiger partial charge on any atom is 0.142 e. The highest BCUT2D eigenvalue weighted by Crippen LogP contribution is 2.36. The number of nitrogens with zero attached hydrogens (tertiary/aromatic N) is 1. The SMILES string of the molecule is CCC(CC)(C(N)c1cccc(Br)c1F)N(C)C. The Bertz CT molecular complexity index is 403. The summed E-state index contributed by atoms with van der Waals surface area (Å²) in [6.45, 7) is 4.19. The van der Waals surface area contributed by atoms with Crippen LogP contribution in [0.2, 0.25) is 0 Å². The van der Waals surface area contributed by atoms with E-state index in [4.69, 9.17) is 5.73 Å². The predicted molar refractivity (Wildman–Crippen MR) is 78.0 cm³/mol. The number of hydrogen-bond acceptors (Lipinski definition) is 2. The molecule has 0 saturated carbocycles. The van der Waals surface area contributed by atoms with Crippen molar-refractivity contribution < 1.29 is 4.39 Å². The molecule has 1 aromatic rings. The van der Waals surface area contributed by atoms with Crippen LogP contribution in [0.15, 0.2) is 22.7 Å². The summed E-state index contributed by atoms with van der Waals surface area (Å²) in [5, 5.41) is 0. The fourth-order valence-corrected chi connectivity index (χ4v) is 3.03. The largest absolute Gasteiger partial charge is 0.322 e. The van der Waals surface area contributed by atoms with E-state index in [0.717, 1.165) is 12.8 Å². The second-order valence-electron chi connectivity index (χ2n) is 4.83. The van der Waals surface area contributed by atoms with Gasteiger partial charge in [-0.2, -0.15) is 0 Å². The lowest BCUT2D eigenvalue weighted by atomic mass is 9.80. The van der Waals surface area contributed by atoms with Gasteiger partial charge in [-0.15, -0.1) is 0 Å². The minimum atomic E-state index is -0.347. The molecular formula is C14H22BrFN2. The van der Waals surface area contributed by atoms with Gasteiger partial charge in [0.05, 0.1) is 10.5 Å². The van der Waals surface area contributed by atoms with Crippen molar-refractivity contribution >= 4 is 15.9 Å². The topological polar surface area (TPSA) is 29.3 Å². The second kappa shape index (κ2) is 6.13. The number of likely N-dealkylation sites (N-methyl/N-ethyl adjacent to an activating group) is 1. The minimum Gasteiger partial charge on any atom is -0.322 e. The van der Waals surface area contributed by atoms with Gasteiger partial charge < -0.3 is 10.6 Å². The second-order valence-corrected chi connectivity index (χ2v) is 5.68. The average molecular weight is 317 g/mol. The van der Waals surface area contributed by atoms with E-state index in [1.165, 1.54) is 0 Å². The molecule has 4 heteroatoms. The van der Waals surface area contributed by atoms with Gasteiger partial charge in [0.25, 0.3) is 0 Å². The molecule has 0 fully saturated rings. The Morgan fingerprint density at radius 2 is 1.89 bits per heavy atom. The molecule has 0 bridgehead atoms. The quantitative estimate of drug-likeness (QED) is 0.897. The molecule has 0 spiro atoms. The van der Waals surface area contributed by atoms with Crippen molar-refractivity contribution in [1.82, 2.24) is 4.90 Å². The van der Waals surface area contributed by atoms with Crippen molar-refractivity contribution in [3.05, 3.63) is 34.1 Å². The van der Waals surface area contributed by atoms with Gasteiger partial charge in [-0.25, -0.2) is 4.39 Å². The van der Waals surface area contributed by atoms with Crippen molar-refractivity contribution in [1.29, 1.82) is 0 Å². The third kappa shape index (κ3) is 2.60. The number of nitrogens with two attached hydrogens (primary N) is 1. The lowest BCUT2D eigenvalue weighted by Gasteiger charge is -2.43. The van der Waals surface area contributed by atoms with Crippen LogP contribution in [0.5, 0.6) is 0 Å². The fourth-order valence-electron chi connectivity index (χ4n) is 2.65. The van der Waals surface area contributed by atoms with Crippen LogP contribution < -0.4 is 5.73 Å². The molecule has 1 unspecified atom stereocenters. The first kappa shape index (κ1) is 15.6. The van der Waals surface area contributed by atoms with E-state index in [0.29, 0.717) is 10.0 Å². The Morgan fingerprint density at radius 1 is 1.33 bits per heavy atom. The summed E-state index contributed by atoms with van der Waals surface area (Å²) in [5.74, 6) is -0.252. The van der Waals surface area contributed by atoms with Crippen molar-refractivity contribution in [2.45, 2.75) is 38.3 Å². The maximum atomic E-state index is 14.2. The van der Waals surface area contributed by atoms with Crippen LogP contribution in [0.4, 0.5) is 4.39 Å². The summed E-state index contributed by atoms with van der Waals surface area (Å²) < 4.78 is 14.6. The molecule has 102 valence electrons. The Morgan fingerprint density at radius 3 is 2.33 bits per heavy atom. The third-order valence-electron chi connectivity index (χ3n) is 4.01. The Hall–Kier alpha value is -0.450. The van der Waals surface area contributed by atoms with Gasteiger partial charge in [0.15, 0.2) is 0 Å². The van der Waals surface area contributed by atoms with Gasteiger partial charge in [-0.05, 0) is 48.9 Å². The molecule has 1 rings (SSSR count). The molecule has 0 amide bonds. The number of benzene rings is 1. The molecule has 1 atom stereocenters. The Balaban J connectivity index is 3.26. The van der Waals surface area contributed by atoms with Gasteiger partial charge in [-0.1, -0.05) is 26.0 Å². The zero-order valence-electron chi connectivity index (χ0n) is 11.5. The van der Waals surface area contributed by atoms with Crippen LogP contribution in [0.3, 0.4) is 0 Å². The minimum absolute atomic E-state index is 0.221. The van der Waals surface area contributed by atoms with Crippen LogP contribution in [-0.2, 0) is 0 Å². The predicted octanol–water partition coefficient (Wildman–Crippen LogP) is 3.71. The first-order valence-corrected chi connectivity index (χ1v) is 7.07. The molecule has 2 nitrogen and oxygen atoms in total. The standard InChI is InChI=1S/C14H22BrFN2/c1-5-14(6-2,18(3)4)13(17)10-8-7-9-11(15)12(10)16/h7-9,13H,5-6,17H2,1-4H3. The summed E-state index contributed by atoms with van der Waals surface area (Å²) in [6.07, 6.45) is 1.76. The monoisotopic (exact) mass is 316 g/mol. The molecule has 0 aliphatic heterocycles. The highest BCUT2D eigenvalue weighted by atomic mass is 79.9. The molecule has 0 aliphatic carbocycles. The average Bonchev–Trinajstić information content (AvgIpc) is 2.34. The molecular weight excluding hydrogens is 295 g/mol. The van der Waals surface area contributed by atoms with E-state index < -0.39 is 0 Å². The van der Waals surface area contributed by atoms with Crippen molar-refractivity contribution in [2.24, 2.45) is 5.73 Å². The molecule has 0 aliphatic rings. The third-order valence-corrected chi connectivity index (χ3v) is 4.62. The summed E-state index contributed by atoms with van der Waals surface area (Å²) >= 11 is 3.22. The summed E-state index contributed by atoms with van der Waals surface area (Å²) in [7, 11) is 4.01. The summed E-state index contributed by atoms with van der Waals surface area (Å²) in [6, 6.07) is 4.95. The van der Waals surface area contributed by atoms with E-state index in [1.807, 2.05) is 20.2 Å². The normalized spacial score (nSPS) is 14.0. The van der Waals surface area contributed by atoms with Gasteiger partial charge >= 0.3 is 0 Å². The van der Waals surface area contributed by atoms with E-state index in [-0.39, 0.29) is 17.4 Å². The highest BCUT2D eigenvalue weighted by Gasteiger charge is 2.37. The fraction of sp³-hybridized carbons (Fsp3) is 0.571. The Kier molecular flexibility index (Phi) is 5.32. The molecule has 1 aromatic carbocycles. The van der Waals surface area contributed by atoms with Crippen molar-refractivity contribution in [3.63, 3.8) is 0 Å². The maximum absolute atomic E-state index is 14.2. The van der Waals surface area contributed by atoms with Crippen molar-refractivity contribution in [3.8, 4) is 0 Å². The molecule has 0 heterocycles. The zero-order valence-corrected chi connectivity index (χ0v) is 13.1. The van der Waals surface area contributed by atoms with Crippen LogP contribution in [0.25, 0.3) is 0 Å². The number of hydrogen-bond donors (Lipinski definition) is 1. The first-order chi connectivity index (χ1) is 8.40.